The fourth-order valence-electron chi connectivity index (χ4n) is 1.83. The second-order valence-corrected chi connectivity index (χ2v) is 4.30. The van der Waals surface area contributed by atoms with Crippen molar-refractivity contribution in [3.05, 3.63) is 59.3 Å². The zero-order valence-electron chi connectivity index (χ0n) is 11.1. The summed E-state index contributed by atoms with van der Waals surface area (Å²) in [5.41, 5.74) is 2.66. The molecule has 0 bridgehead atoms. The van der Waals surface area contributed by atoms with Crippen LogP contribution in [0.25, 0.3) is 0 Å². The third-order valence-electron chi connectivity index (χ3n) is 2.86. The minimum atomic E-state index is -0.816. The predicted octanol–water partition coefficient (Wildman–Crippen LogP) is 1.62. The summed E-state index contributed by atoms with van der Waals surface area (Å²) in [5.74, 6) is 3.16. The first-order valence-corrected chi connectivity index (χ1v) is 6.25. The van der Waals surface area contributed by atoms with Crippen molar-refractivity contribution in [1.82, 2.24) is 10.3 Å². The lowest BCUT2D eigenvalue weighted by Gasteiger charge is -2.08. The van der Waals surface area contributed by atoms with E-state index in [-0.39, 0.29) is 23.7 Å². The van der Waals surface area contributed by atoms with Crippen LogP contribution in [0.15, 0.2) is 36.5 Å². The average Bonchev–Trinajstić information content (AvgIpc) is 2.47. The second-order valence-electron chi connectivity index (χ2n) is 4.30. The van der Waals surface area contributed by atoms with Gasteiger partial charge in [0, 0.05) is 12.7 Å². The summed E-state index contributed by atoms with van der Waals surface area (Å²) < 4.78 is 26.8. The van der Waals surface area contributed by atoms with Crippen molar-refractivity contribution >= 4 is 11.7 Å². The van der Waals surface area contributed by atoms with Gasteiger partial charge >= 0.3 is 0 Å². The number of nitrogens with two attached hydrogens (primary N) is 1. The minimum absolute atomic E-state index is 0.155. The van der Waals surface area contributed by atoms with Gasteiger partial charge in [0.1, 0.15) is 5.82 Å². The van der Waals surface area contributed by atoms with Gasteiger partial charge in [0.25, 0.3) is 5.91 Å². The molecule has 1 aromatic heterocycles. The van der Waals surface area contributed by atoms with Gasteiger partial charge in [-0.3, -0.25) is 4.79 Å². The SMILES string of the molecule is NNc1nccc(C(=O)NCCc2cccc(F)c2)c1F. The van der Waals surface area contributed by atoms with Gasteiger partial charge in [-0.05, 0) is 30.2 Å². The third-order valence-corrected chi connectivity index (χ3v) is 2.86. The number of rotatable bonds is 5. The van der Waals surface area contributed by atoms with Crippen LogP contribution in [0.4, 0.5) is 14.6 Å². The number of halogens is 2. The lowest BCUT2D eigenvalue weighted by atomic mass is 10.1. The summed E-state index contributed by atoms with van der Waals surface area (Å²) in [6.07, 6.45) is 1.72. The predicted molar refractivity (Wildman–Crippen MR) is 74.4 cm³/mol. The van der Waals surface area contributed by atoms with E-state index in [4.69, 9.17) is 5.84 Å². The topological polar surface area (TPSA) is 80.0 Å². The van der Waals surface area contributed by atoms with Crippen LogP contribution in [-0.4, -0.2) is 17.4 Å². The van der Waals surface area contributed by atoms with Crippen LogP contribution in [-0.2, 0) is 6.42 Å². The third kappa shape index (κ3) is 3.73. The van der Waals surface area contributed by atoms with Crippen molar-refractivity contribution in [3.8, 4) is 0 Å². The van der Waals surface area contributed by atoms with E-state index < -0.39 is 11.7 Å². The Labute approximate surface area is 120 Å². The van der Waals surface area contributed by atoms with Crippen molar-refractivity contribution in [2.75, 3.05) is 12.0 Å². The Morgan fingerprint density at radius 2 is 2.10 bits per heavy atom. The van der Waals surface area contributed by atoms with Crippen molar-refractivity contribution in [2.45, 2.75) is 6.42 Å². The highest BCUT2D eigenvalue weighted by molar-refractivity contribution is 5.95. The summed E-state index contributed by atoms with van der Waals surface area (Å²) in [6, 6.07) is 7.33. The summed E-state index contributed by atoms with van der Waals surface area (Å²) >= 11 is 0. The van der Waals surface area contributed by atoms with Crippen LogP contribution in [0.3, 0.4) is 0 Å². The van der Waals surface area contributed by atoms with E-state index in [1.165, 1.54) is 24.4 Å². The first-order chi connectivity index (χ1) is 10.1. The minimum Gasteiger partial charge on any atom is -0.352 e. The van der Waals surface area contributed by atoms with E-state index in [0.717, 1.165) is 5.56 Å². The molecule has 1 heterocycles. The van der Waals surface area contributed by atoms with E-state index >= 15 is 0 Å². The molecule has 21 heavy (non-hydrogen) atoms. The number of hydrogen-bond acceptors (Lipinski definition) is 4. The normalized spacial score (nSPS) is 10.2. The molecule has 0 aliphatic rings. The van der Waals surface area contributed by atoms with E-state index in [1.54, 1.807) is 12.1 Å². The number of hydrazine groups is 1. The largest absolute Gasteiger partial charge is 0.352 e. The van der Waals surface area contributed by atoms with E-state index in [1.807, 2.05) is 0 Å². The molecular weight excluding hydrogens is 278 g/mol. The zero-order chi connectivity index (χ0) is 15.2. The number of nitrogen functional groups attached to an aromatic ring is 1. The van der Waals surface area contributed by atoms with Gasteiger partial charge in [-0.1, -0.05) is 12.1 Å². The summed E-state index contributed by atoms with van der Waals surface area (Å²) in [7, 11) is 0. The first-order valence-electron chi connectivity index (χ1n) is 6.25. The molecule has 7 heteroatoms. The maximum atomic E-state index is 13.8. The highest BCUT2D eigenvalue weighted by Crippen LogP contribution is 2.13. The highest BCUT2D eigenvalue weighted by atomic mass is 19.1. The molecule has 0 saturated heterocycles. The number of benzene rings is 1. The van der Waals surface area contributed by atoms with Gasteiger partial charge in [0.05, 0.1) is 5.56 Å². The number of hydrogen-bond donors (Lipinski definition) is 3. The van der Waals surface area contributed by atoms with Crippen LogP contribution < -0.4 is 16.6 Å². The number of carbonyl (C=O) groups is 1. The summed E-state index contributed by atoms with van der Waals surface area (Å²) in [6.45, 7) is 0.259. The Balaban J connectivity index is 1.96. The quantitative estimate of drug-likeness (QED) is 0.578. The van der Waals surface area contributed by atoms with Gasteiger partial charge in [-0.25, -0.2) is 19.6 Å². The zero-order valence-corrected chi connectivity index (χ0v) is 11.1. The van der Waals surface area contributed by atoms with E-state index in [0.29, 0.717) is 6.42 Å². The molecule has 1 aromatic carbocycles. The molecule has 0 spiro atoms. The molecule has 4 N–H and O–H groups in total. The number of amides is 1. The lowest BCUT2D eigenvalue weighted by Crippen LogP contribution is -2.27. The van der Waals surface area contributed by atoms with Crippen LogP contribution >= 0.6 is 0 Å². The maximum absolute atomic E-state index is 13.8. The van der Waals surface area contributed by atoms with Gasteiger partial charge in [-0.2, -0.15) is 0 Å². The Kier molecular flexibility index (Phi) is 4.78. The molecule has 5 nitrogen and oxygen atoms in total. The van der Waals surface area contributed by atoms with Crippen LogP contribution in [0, 0.1) is 11.6 Å². The maximum Gasteiger partial charge on any atom is 0.254 e. The van der Waals surface area contributed by atoms with Gasteiger partial charge in [-0.15, -0.1) is 0 Å². The van der Waals surface area contributed by atoms with Crippen molar-refractivity contribution in [2.24, 2.45) is 5.84 Å². The summed E-state index contributed by atoms with van der Waals surface area (Å²) in [5, 5.41) is 2.56. The summed E-state index contributed by atoms with van der Waals surface area (Å²) in [4.78, 5) is 15.5. The highest BCUT2D eigenvalue weighted by Gasteiger charge is 2.15. The van der Waals surface area contributed by atoms with Crippen molar-refractivity contribution in [1.29, 1.82) is 0 Å². The number of pyridine rings is 1. The molecule has 0 aliphatic carbocycles. The molecular formula is C14H14F2N4O. The number of carbonyl (C=O) groups excluding carboxylic acids is 1. The average molecular weight is 292 g/mol. The Morgan fingerprint density at radius 3 is 2.81 bits per heavy atom. The molecule has 1 amide bonds. The first kappa shape index (κ1) is 14.9. The molecule has 0 aliphatic heterocycles. The van der Waals surface area contributed by atoms with Crippen molar-refractivity contribution in [3.63, 3.8) is 0 Å². The molecule has 0 saturated carbocycles. The Morgan fingerprint density at radius 1 is 1.29 bits per heavy atom. The van der Waals surface area contributed by atoms with E-state index in [2.05, 4.69) is 15.7 Å². The molecule has 110 valence electrons. The molecule has 2 aromatic rings. The molecule has 0 atom stereocenters. The molecule has 0 fully saturated rings. The van der Waals surface area contributed by atoms with Crippen molar-refractivity contribution < 1.29 is 13.6 Å². The van der Waals surface area contributed by atoms with Gasteiger partial charge in [0.15, 0.2) is 11.6 Å². The van der Waals surface area contributed by atoms with Crippen LogP contribution in [0.1, 0.15) is 15.9 Å². The molecule has 2 rings (SSSR count). The number of nitrogens with one attached hydrogen (secondary N) is 2. The van der Waals surface area contributed by atoms with Crippen LogP contribution in [0.5, 0.6) is 0 Å². The number of aromatic nitrogens is 1. The smallest absolute Gasteiger partial charge is 0.254 e. The van der Waals surface area contributed by atoms with Crippen LogP contribution in [0.2, 0.25) is 0 Å². The Hall–Kier alpha value is -2.54. The van der Waals surface area contributed by atoms with E-state index in [9.17, 15) is 13.6 Å². The van der Waals surface area contributed by atoms with Gasteiger partial charge < -0.3 is 10.7 Å². The monoisotopic (exact) mass is 292 g/mol. The molecule has 0 unspecified atom stereocenters. The Bertz CT molecular complexity index is 649. The van der Waals surface area contributed by atoms with Gasteiger partial charge in [0.2, 0.25) is 0 Å². The number of anilines is 1. The molecule has 0 radical (unpaired) electrons. The fraction of sp³-hybridized carbons (Fsp3) is 0.143. The fourth-order valence-corrected chi connectivity index (χ4v) is 1.83. The second kappa shape index (κ2) is 6.76. The lowest BCUT2D eigenvalue weighted by molar-refractivity contribution is 0.0950. The standard InChI is InChI=1S/C14H14F2N4O/c15-10-3-1-2-9(8-10)4-6-19-14(21)11-5-7-18-13(20-17)12(11)16/h1-3,5,7-8H,4,6,17H2,(H,18,20)(H,19,21). The number of nitrogens with zero attached hydrogens (tertiary/aromatic N) is 1.